The van der Waals surface area contributed by atoms with Crippen LogP contribution >= 0.6 is 0 Å². The lowest BCUT2D eigenvalue weighted by Gasteiger charge is -2.48. The van der Waals surface area contributed by atoms with E-state index in [4.69, 9.17) is 23.7 Å². The van der Waals surface area contributed by atoms with E-state index < -0.39 is 29.9 Å². The lowest BCUT2D eigenvalue weighted by molar-refractivity contribution is -0.287. The maximum Gasteiger partial charge on any atom is 0.338 e. The molecule has 0 radical (unpaired) electrons. The summed E-state index contributed by atoms with van der Waals surface area (Å²) in [5.74, 6) is -1.10. The van der Waals surface area contributed by atoms with Crippen molar-refractivity contribution in [2.75, 3.05) is 0 Å². The van der Waals surface area contributed by atoms with Crippen molar-refractivity contribution in [3.05, 3.63) is 71.8 Å². The van der Waals surface area contributed by atoms with Gasteiger partial charge in [-0.15, -0.1) is 0 Å². The van der Waals surface area contributed by atoms with Gasteiger partial charge < -0.3 is 23.7 Å². The van der Waals surface area contributed by atoms with Crippen molar-refractivity contribution < 1.29 is 28.5 Å². The van der Waals surface area contributed by atoms with E-state index >= 15 is 0 Å². The average Bonchev–Trinajstić information content (AvgIpc) is 3.21. The van der Waals surface area contributed by atoms with E-state index in [0.717, 1.165) is 12.0 Å². The van der Waals surface area contributed by atoms with Crippen LogP contribution in [0, 0.1) is 0 Å². The van der Waals surface area contributed by atoms with Crippen molar-refractivity contribution in [3.8, 4) is 0 Å². The third-order valence-electron chi connectivity index (χ3n) is 6.08. The summed E-state index contributed by atoms with van der Waals surface area (Å²) < 4.78 is 30.6. The summed E-state index contributed by atoms with van der Waals surface area (Å²) in [6.07, 6.45) is -0.286. The molecular weight excluding hydrogens is 384 g/mol. The first-order valence-electron chi connectivity index (χ1n) is 10.4. The van der Waals surface area contributed by atoms with Crippen LogP contribution in [0.15, 0.2) is 60.7 Å². The van der Waals surface area contributed by atoms with Crippen molar-refractivity contribution in [1.29, 1.82) is 0 Å². The van der Waals surface area contributed by atoms with Crippen LogP contribution in [-0.2, 0) is 30.3 Å². The van der Waals surface area contributed by atoms with Gasteiger partial charge in [0.05, 0.1) is 12.2 Å². The molecule has 0 N–H and O–H groups in total. The predicted octanol–water partition coefficient (Wildman–Crippen LogP) is 3.84. The fourth-order valence-electron chi connectivity index (χ4n) is 4.55. The second-order valence-corrected chi connectivity index (χ2v) is 8.56. The minimum atomic E-state index is -0.759. The van der Waals surface area contributed by atoms with Gasteiger partial charge in [0.15, 0.2) is 12.1 Å². The lowest BCUT2D eigenvalue weighted by atomic mass is 9.72. The zero-order chi connectivity index (χ0) is 20.8. The first-order chi connectivity index (χ1) is 14.5. The van der Waals surface area contributed by atoms with Crippen molar-refractivity contribution in [3.63, 3.8) is 0 Å². The quantitative estimate of drug-likeness (QED) is 0.698. The molecule has 2 saturated heterocycles. The zero-order valence-electron chi connectivity index (χ0n) is 17.2. The number of fused-ring (bicyclic) bond motifs is 1. The molecule has 30 heavy (non-hydrogen) atoms. The minimum absolute atomic E-state index is 0.357. The zero-order valence-corrected chi connectivity index (χ0v) is 17.2. The molecule has 3 aliphatic rings. The second-order valence-electron chi connectivity index (χ2n) is 8.56. The molecule has 0 bridgehead atoms. The van der Waals surface area contributed by atoms with E-state index in [0.29, 0.717) is 18.6 Å². The van der Waals surface area contributed by atoms with Crippen LogP contribution in [0.25, 0.3) is 0 Å². The Hall–Kier alpha value is -2.25. The Kier molecular flexibility index (Phi) is 4.90. The molecule has 2 aromatic carbocycles. The Morgan fingerprint density at radius 3 is 2.37 bits per heavy atom. The number of hydrogen-bond acceptors (Lipinski definition) is 6. The van der Waals surface area contributed by atoms with Crippen LogP contribution in [0.2, 0.25) is 0 Å². The highest BCUT2D eigenvalue weighted by molar-refractivity contribution is 5.89. The molecule has 5 atom stereocenters. The molecule has 6 heteroatoms. The maximum absolute atomic E-state index is 12.6. The van der Waals surface area contributed by atoms with Crippen LogP contribution in [0.5, 0.6) is 0 Å². The molecule has 158 valence electrons. The first kappa shape index (κ1) is 19.7. The summed E-state index contributed by atoms with van der Waals surface area (Å²) in [7, 11) is 0. The van der Waals surface area contributed by atoms with Crippen molar-refractivity contribution in [1.82, 2.24) is 0 Å². The van der Waals surface area contributed by atoms with E-state index in [1.807, 2.05) is 62.4 Å². The summed E-state index contributed by atoms with van der Waals surface area (Å²) >= 11 is 0. The summed E-state index contributed by atoms with van der Waals surface area (Å²) in [5, 5.41) is 0. The van der Waals surface area contributed by atoms with Gasteiger partial charge >= 0.3 is 5.97 Å². The van der Waals surface area contributed by atoms with Gasteiger partial charge in [-0.3, -0.25) is 0 Å². The van der Waals surface area contributed by atoms with E-state index in [1.54, 1.807) is 12.1 Å². The average molecular weight is 410 g/mol. The molecule has 1 aliphatic carbocycles. The molecule has 2 heterocycles. The van der Waals surface area contributed by atoms with Gasteiger partial charge in [0.25, 0.3) is 0 Å². The van der Waals surface area contributed by atoms with Gasteiger partial charge in [-0.2, -0.15) is 0 Å². The molecule has 0 aromatic heterocycles. The number of rotatable bonds is 5. The van der Waals surface area contributed by atoms with E-state index in [1.165, 1.54) is 0 Å². The normalized spacial score (nSPS) is 33.8. The number of esters is 1. The predicted molar refractivity (Wildman–Crippen MR) is 108 cm³/mol. The van der Waals surface area contributed by atoms with Gasteiger partial charge in [-0.1, -0.05) is 48.5 Å². The molecule has 1 spiro atoms. The fourth-order valence-corrected chi connectivity index (χ4v) is 4.55. The minimum Gasteiger partial charge on any atom is -0.456 e. The molecule has 1 saturated carbocycles. The number of carbonyl (C=O) groups excluding carboxylic acids is 1. The monoisotopic (exact) mass is 410 g/mol. The Bertz CT molecular complexity index is 898. The highest BCUT2D eigenvalue weighted by Gasteiger charge is 2.69. The van der Waals surface area contributed by atoms with E-state index in [9.17, 15) is 4.79 Å². The second kappa shape index (κ2) is 7.46. The van der Waals surface area contributed by atoms with Gasteiger partial charge in [-0.25, -0.2) is 4.79 Å². The summed E-state index contributed by atoms with van der Waals surface area (Å²) in [6.45, 7) is 4.15. The van der Waals surface area contributed by atoms with E-state index in [2.05, 4.69) is 0 Å². The van der Waals surface area contributed by atoms with Gasteiger partial charge in [0.1, 0.15) is 23.9 Å². The van der Waals surface area contributed by atoms with Crippen LogP contribution < -0.4 is 0 Å². The highest BCUT2D eigenvalue weighted by atomic mass is 16.8. The molecule has 6 nitrogen and oxygen atoms in total. The van der Waals surface area contributed by atoms with Crippen LogP contribution in [0.3, 0.4) is 0 Å². The van der Waals surface area contributed by atoms with Crippen LogP contribution in [0.4, 0.5) is 0 Å². The Morgan fingerprint density at radius 2 is 1.70 bits per heavy atom. The van der Waals surface area contributed by atoms with Crippen molar-refractivity contribution in [2.24, 2.45) is 0 Å². The Balaban J connectivity index is 1.36. The SMILES string of the molecule is CC1(C)O[C@H]2O[C@]3(CC[C@@H]3OC(=O)c3ccccc3)C(OCc3ccccc3)[C@@H]2O1. The third-order valence-corrected chi connectivity index (χ3v) is 6.08. The molecule has 1 unspecified atom stereocenters. The molecule has 5 rings (SSSR count). The topological polar surface area (TPSA) is 63.2 Å². The smallest absolute Gasteiger partial charge is 0.338 e. The summed E-state index contributed by atoms with van der Waals surface area (Å²) in [6, 6.07) is 19.0. The number of carbonyl (C=O) groups is 1. The van der Waals surface area contributed by atoms with Crippen molar-refractivity contribution >= 4 is 5.97 Å². The van der Waals surface area contributed by atoms with E-state index in [-0.39, 0.29) is 12.1 Å². The third kappa shape index (κ3) is 3.44. The van der Waals surface area contributed by atoms with Gasteiger partial charge in [-0.05, 0) is 44.4 Å². The largest absolute Gasteiger partial charge is 0.456 e. The molecule has 2 aliphatic heterocycles. The Morgan fingerprint density at radius 1 is 1.00 bits per heavy atom. The first-order valence-corrected chi connectivity index (χ1v) is 10.4. The van der Waals surface area contributed by atoms with Gasteiger partial charge in [0.2, 0.25) is 0 Å². The van der Waals surface area contributed by atoms with Crippen molar-refractivity contribution in [2.45, 2.75) is 69.3 Å². The van der Waals surface area contributed by atoms with Crippen LogP contribution in [0.1, 0.15) is 42.6 Å². The fraction of sp³-hybridized carbons (Fsp3) is 0.458. The van der Waals surface area contributed by atoms with Crippen LogP contribution in [-0.4, -0.2) is 42.0 Å². The summed E-state index contributed by atoms with van der Waals surface area (Å²) in [4.78, 5) is 12.6. The molecular formula is C24H26O6. The maximum atomic E-state index is 12.6. The highest BCUT2D eigenvalue weighted by Crippen LogP contribution is 2.53. The summed E-state index contributed by atoms with van der Waals surface area (Å²) in [5.41, 5.74) is 0.824. The Labute approximate surface area is 176 Å². The molecule has 2 aromatic rings. The molecule has 3 fully saturated rings. The van der Waals surface area contributed by atoms with Gasteiger partial charge in [0, 0.05) is 0 Å². The number of hydrogen-bond donors (Lipinski definition) is 0. The lowest BCUT2D eigenvalue weighted by Crippen LogP contribution is -2.62. The molecule has 0 amide bonds. The standard InChI is InChI=1S/C24H26O6/c1-23(2)28-19-20(26-15-16-9-5-3-6-10-16)24(30-22(19)29-23)14-13-18(24)27-21(25)17-11-7-4-8-12-17/h3-12,18-20,22H,13-15H2,1-2H3/t18-,19-,20?,22-,24-/m0/s1. The number of ether oxygens (including phenoxy) is 5. The number of benzene rings is 2.